The number of nitrogens with zero attached hydrogens (tertiary/aromatic N) is 3. The molecule has 1 aliphatic heterocycles. The number of nitrogens with one attached hydrogen (secondary N) is 2. The van der Waals surface area contributed by atoms with Crippen molar-refractivity contribution in [3.8, 4) is 18.1 Å². The minimum Gasteiger partial charge on any atom is -0.468 e. The molecule has 0 spiro atoms. The molecule has 13 nitrogen and oxygen atoms in total. The number of ether oxygens (including phenoxy) is 2. The van der Waals surface area contributed by atoms with Crippen molar-refractivity contribution < 1.29 is 47.0 Å². The van der Waals surface area contributed by atoms with Crippen LogP contribution < -0.4 is 15.1 Å². The van der Waals surface area contributed by atoms with Gasteiger partial charge in [0.1, 0.15) is 41.8 Å². The second-order valence-corrected chi connectivity index (χ2v) is 10.7. The molecular formula is C24H26F2N5O8P. The first kappa shape index (κ1) is 29.3. The fourth-order valence-corrected chi connectivity index (χ4v) is 5.67. The average Bonchev–Trinajstić information content (AvgIpc) is 3.42. The summed E-state index contributed by atoms with van der Waals surface area (Å²) in [6, 6.07) is 3.30. The lowest BCUT2D eigenvalue weighted by atomic mass is 9.98. The van der Waals surface area contributed by atoms with Gasteiger partial charge in [0.2, 0.25) is 0 Å². The number of rotatable bonds is 10. The van der Waals surface area contributed by atoms with Crippen molar-refractivity contribution in [2.45, 2.75) is 44.0 Å². The standard InChI is InChI=1S/C24H26F2N5O8P/c1-5-14-10-31(21-18(14)20(29-34)27-12-28-21)23-24(3,26)19(32)17(38-23)11-37-40(35,30-13(2)22(33)36-4)39-16-8-6-15(25)7-9-16/h1,6-10,12-13,17,19,23,32,34H,11H2,2-4H3,(H,30,35)(H,27,28,29)/t13?,17-,19-,23-,24-,40?/m1/s1. The van der Waals surface area contributed by atoms with Crippen molar-refractivity contribution in [1.82, 2.24) is 19.6 Å². The van der Waals surface area contributed by atoms with Crippen LogP contribution in [-0.4, -0.2) is 68.5 Å². The third kappa shape index (κ3) is 5.64. The number of aliphatic hydroxyl groups is 1. The summed E-state index contributed by atoms with van der Waals surface area (Å²) in [7, 11) is -3.30. The lowest BCUT2D eigenvalue weighted by Crippen LogP contribution is -2.41. The van der Waals surface area contributed by atoms with Gasteiger partial charge in [0.05, 0.1) is 24.7 Å². The van der Waals surface area contributed by atoms with Gasteiger partial charge in [0.15, 0.2) is 17.7 Å². The van der Waals surface area contributed by atoms with Crippen molar-refractivity contribution in [1.29, 1.82) is 0 Å². The summed E-state index contributed by atoms with van der Waals surface area (Å²) in [5.74, 6) is 0.943. The number of anilines is 1. The van der Waals surface area contributed by atoms with Crippen molar-refractivity contribution in [2.75, 3.05) is 19.2 Å². The number of esters is 1. The van der Waals surface area contributed by atoms with Gasteiger partial charge >= 0.3 is 13.7 Å². The first-order valence-electron chi connectivity index (χ1n) is 11.7. The van der Waals surface area contributed by atoms with E-state index in [0.717, 1.165) is 32.5 Å². The number of aromatic nitrogens is 3. The zero-order valence-electron chi connectivity index (χ0n) is 21.4. The lowest BCUT2D eigenvalue weighted by molar-refractivity contribution is -0.142. The van der Waals surface area contributed by atoms with E-state index >= 15 is 4.39 Å². The van der Waals surface area contributed by atoms with Crippen molar-refractivity contribution >= 4 is 30.6 Å². The fraction of sp³-hybridized carbons (Fsp3) is 0.375. The minimum atomic E-state index is -4.42. The van der Waals surface area contributed by atoms with E-state index in [9.17, 15) is 24.1 Å². The van der Waals surface area contributed by atoms with Crippen molar-refractivity contribution in [3.63, 3.8) is 0 Å². The maximum atomic E-state index is 16.0. The Labute approximate surface area is 227 Å². The number of halogens is 2. The number of fused-ring (bicyclic) bond motifs is 1. The molecule has 0 amide bonds. The normalized spacial score (nSPS) is 24.7. The summed E-state index contributed by atoms with van der Waals surface area (Å²) in [5, 5.41) is 22.9. The average molecular weight is 581 g/mol. The number of carbonyl (C=O) groups is 1. The Hall–Kier alpha value is -3.64. The lowest BCUT2D eigenvalue weighted by Gasteiger charge is -2.25. The third-order valence-electron chi connectivity index (χ3n) is 6.19. The van der Waals surface area contributed by atoms with Gasteiger partial charge in [-0.25, -0.2) is 23.3 Å². The largest absolute Gasteiger partial charge is 0.468 e. The van der Waals surface area contributed by atoms with E-state index < -0.39 is 56.3 Å². The van der Waals surface area contributed by atoms with Crippen LogP contribution in [0.2, 0.25) is 0 Å². The molecular weight excluding hydrogens is 555 g/mol. The number of hydrogen-bond acceptors (Lipinski definition) is 11. The highest BCUT2D eigenvalue weighted by Gasteiger charge is 2.56. The highest BCUT2D eigenvalue weighted by molar-refractivity contribution is 7.52. The molecule has 1 fully saturated rings. The van der Waals surface area contributed by atoms with Gasteiger partial charge in [-0.3, -0.25) is 20.0 Å². The van der Waals surface area contributed by atoms with Crippen LogP contribution in [0.4, 0.5) is 14.6 Å². The van der Waals surface area contributed by atoms with E-state index in [-0.39, 0.29) is 28.2 Å². The van der Waals surface area contributed by atoms with Crippen molar-refractivity contribution in [2.24, 2.45) is 0 Å². The molecule has 4 rings (SSSR count). The van der Waals surface area contributed by atoms with Gasteiger partial charge in [-0.05, 0) is 38.1 Å². The molecule has 16 heteroatoms. The van der Waals surface area contributed by atoms with Crippen molar-refractivity contribution in [3.05, 3.63) is 48.2 Å². The summed E-state index contributed by atoms with van der Waals surface area (Å²) in [6.45, 7) is 1.75. The fourth-order valence-electron chi connectivity index (χ4n) is 4.17. The third-order valence-corrected chi connectivity index (χ3v) is 7.84. The van der Waals surface area contributed by atoms with Crippen LogP contribution in [0.15, 0.2) is 36.8 Å². The second kappa shape index (κ2) is 11.5. The number of aliphatic hydroxyl groups excluding tert-OH is 1. The molecule has 2 unspecified atom stereocenters. The molecule has 4 N–H and O–H groups in total. The highest BCUT2D eigenvalue weighted by Crippen LogP contribution is 2.48. The molecule has 1 aromatic carbocycles. The summed E-state index contributed by atoms with van der Waals surface area (Å²) < 4.78 is 65.5. The molecule has 6 atom stereocenters. The molecule has 0 saturated carbocycles. The van der Waals surface area contributed by atoms with E-state index in [1.165, 1.54) is 29.8 Å². The summed E-state index contributed by atoms with van der Waals surface area (Å²) in [6.07, 6.45) is 3.33. The molecule has 1 aliphatic rings. The molecule has 0 aliphatic carbocycles. The summed E-state index contributed by atoms with van der Waals surface area (Å²) >= 11 is 0. The first-order valence-corrected chi connectivity index (χ1v) is 13.3. The smallest absolute Gasteiger partial charge is 0.459 e. The first-order chi connectivity index (χ1) is 18.9. The Kier molecular flexibility index (Phi) is 8.41. The van der Waals surface area contributed by atoms with Crippen LogP contribution in [-0.2, 0) is 23.4 Å². The molecule has 0 bridgehead atoms. The molecule has 2 aromatic heterocycles. The van der Waals surface area contributed by atoms with Gasteiger partial charge < -0.3 is 23.7 Å². The Balaban J connectivity index is 1.60. The topological polar surface area (TPSA) is 166 Å². The number of terminal acetylenes is 1. The van der Waals surface area contributed by atoms with Crippen LogP contribution in [0.5, 0.6) is 5.75 Å². The number of hydrogen-bond donors (Lipinski definition) is 4. The maximum absolute atomic E-state index is 16.0. The van der Waals surface area contributed by atoms with Gasteiger partial charge in [0.25, 0.3) is 0 Å². The van der Waals surface area contributed by atoms with Gasteiger partial charge in [-0.15, -0.1) is 6.42 Å². The highest BCUT2D eigenvalue weighted by atomic mass is 31.2. The minimum absolute atomic E-state index is 0.0274. The van der Waals surface area contributed by atoms with E-state index in [2.05, 4.69) is 25.7 Å². The molecule has 40 heavy (non-hydrogen) atoms. The predicted octanol–water partition coefficient (Wildman–Crippen LogP) is 2.69. The molecule has 3 heterocycles. The SMILES string of the molecule is C#Cc1cn([C@@H]2O[C@H](COP(=O)(NC(C)C(=O)OC)Oc3ccc(F)cc3)[C@@H](O)[C@@]2(C)F)c2ncnc(NO)c12. The Morgan fingerprint density at radius 2 is 2.08 bits per heavy atom. The molecule has 3 aromatic rings. The zero-order chi connectivity index (χ0) is 29.2. The number of alkyl halides is 1. The maximum Gasteiger partial charge on any atom is 0.459 e. The monoisotopic (exact) mass is 581 g/mol. The Morgan fingerprint density at radius 1 is 1.38 bits per heavy atom. The molecule has 1 saturated heterocycles. The van der Waals surface area contributed by atoms with Gasteiger partial charge in [-0.1, -0.05) is 5.92 Å². The zero-order valence-corrected chi connectivity index (χ0v) is 22.3. The van der Waals surface area contributed by atoms with E-state index in [1.807, 2.05) is 5.48 Å². The van der Waals surface area contributed by atoms with Crippen LogP contribution in [0.1, 0.15) is 25.6 Å². The molecule has 0 radical (unpaired) electrons. The van der Waals surface area contributed by atoms with E-state index in [0.29, 0.717) is 0 Å². The molecule has 214 valence electrons. The van der Waals surface area contributed by atoms with E-state index in [1.54, 1.807) is 0 Å². The van der Waals surface area contributed by atoms with E-state index in [4.69, 9.17) is 20.2 Å². The number of benzene rings is 1. The van der Waals surface area contributed by atoms with Crippen LogP contribution in [0.25, 0.3) is 11.0 Å². The van der Waals surface area contributed by atoms with Gasteiger partial charge in [-0.2, -0.15) is 5.09 Å². The Morgan fingerprint density at radius 3 is 2.70 bits per heavy atom. The van der Waals surface area contributed by atoms with Crippen LogP contribution >= 0.6 is 7.75 Å². The quantitative estimate of drug-likeness (QED) is 0.120. The second-order valence-electron chi connectivity index (χ2n) is 8.96. The van der Waals surface area contributed by atoms with Crippen LogP contribution in [0.3, 0.4) is 0 Å². The number of methoxy groups -OCH3 is 1. The Bertz CT molecular complexity index is 1480. The number of carbonyl (C=O) groups excluding carboxylic acids is 1. The summed E-state index contributed by atoms with van der Waals surface area (Å²) in [4.78, 5) is 19.9. The van der Waals surface area contributed by atoms with Gasteiger partial charge in [0, 0.05) is 6.20 Å². The predicted molar refractivity (Wildman–Crippen MR) is 136 cm³/mol. The van der Waals surface area contributed by atoms with Crippen LogP contribution in [0, 0.1) is 18.2 Å². The summed E-state index contributed by atoms with van der Waals surface area (Å²) in [5.41, 5.74) is -0.236.